The second-order valence-electron chi connectivity index (χ2n) is 7.28. The van der Waals surface area contributed by atoms with E-state index in [4.69, 9.17) is 9.72 Å². The predicted octanol–water partition coefficient (Wildman–Crippen LogP) is 3.93. The number of carbonyl (C=O) groups excluding carboxylic acids is 1. The smallest absolute Gasteiger partial charge is 0.261 e. The molecule has 1 amide bonds. The molecule has 2 aromatic carbocycles. The lowest BCUT2D eigenvalue weighted by Gasteiger charge is -2.30. The number of fused-ring (bicyclic) bond motifs is 1. The van der Waals surface area contributed by atoms with Crippen LogP contribution in [0.3, 0.4) is 0 Å². The fourth-order valence-electron chi connectivity index (χ4n) is 3.64. The summed E-state index contributed by atoms with van der Waals surface area (Å²) in [5.41, 5.74) is 1.60. The molecular weight excluding hydrogens is 378 g/mol. The van der Waals surface area contributed by atoms with E-state index < -0.39 is 0 Å². The van der Waals surface area contributed by atoms with Gasteiger partial charge >= 0.3 is 0 Å². The largest absolute Gasteiger partial charge is 0.367 e. The monoisotopic (exact) mass is 407 g/mol. The van der Waals surface area contributed by atoms with Crippen LogP contribution in [0.4, 0.5) is 0 Å². The molecule has 30 heavy (non-hydrogen) atoms. The Labute approximate surface area is 177 Å². The highest BCUT2D eigenvalue weighted by Crippen LogP contribution is 2.21. The Balaban J connectivity index is 1.83. The number of hydrogen-bond donors (Lipinski definition) is 0. The molecule has 3 rings (SSSR count). The Kier molecular flexibility index (Phi) is 7.36. The summed E-state index contributed by atoms with van der Waals surface area (Å²) in [6, 6.07) is 16.8. The first kappa shape index (κ1) is 21.7. The molecule has 0 aliphatic carbocycles. The highest BCUT2D eigenvalue weighted by Gasteiger charge is 2.25. The SMILES string of the molecule is CCCN(C(=O)COCc1ccccc1)C(C)c1nc2ccccc2c(=O)n1CC. The Morgan fingerprint density at radius 2 is 1.80 bits per heavy atom. The van der Waals surface area contributed by atoms with Crippen molar-refractivity contribution in [1.29, 1.82) is 0 Å². The number of carbonyl (C=O) groups is 1. The Hall–Kier alpha value is -2.99. The molecule has 0 aliphatic rings. The maximum Gasteiger partial charge on any atom is 0.261 e. The van der Waals surface area contributed by atoms with Gasteiger partial charge in [-0.2, -0.15) is 0 Å². The second-order valence-corrected chi connectivity index (χ2v) is 7.28. The van der Waals surface area contributed by atoms with Gasteiger partial charge in [0.2, 0.25) is 5.91 Å². The molecule has 0 aliphatic heterocycles. The molecule has 6 heteroatoms. The van der Waals surface area contributed by atoms with Gasteiger partial charge in [0.15, 0.2) is 0 Å². The van der Waals surface area contributed by atoms with Crippen molar-refractivity contribution < 1.29 is 9.53 Å². The van der Waals surface area contributed by atoms with E-state index in [0.29, 0.717) is 36.4 Å². The maximum absolute atomic E-state index is 13.0. The number of benzene rings is 2. The summed E-state index contributed by atoms with van der Waals surface area (Å²) in [6.07, 6.45) is 0.804. The quantitative estimate of drug-likeness (QED) is 0.539. The number of amides is 1. The first-order valence-corrected chi connectivity index (χ1v) is 10.5. The summed E-state index contributed by atoms with van der Waals surface area (Å²) in [5, 5.41) is 0.592. The van der Waals surface area contributed by atoms with Crippen LogP contribution >= 0.6 is 0 Å². The summed E-state index contributed by atoms with van der Waals surface area (Å²) >= 11 is 0. The Bertz CT molecular complexity index is 1050. The van der Waals surface area contributed by atoms with E-state index in [1.807, 2.05) is 69.3 Å². The molecule has 1 atom stereocenters. The van der Waals surface area contributed by atoms with Gasteiger partial charge in [-0.05, 0) is 38.0 Å². The van der Waals surface area contributed by atoms with Crippen molar-refractivity contribution in [2.45, 2.75) is 46.4 Å². The van der Waals surface area contributed by atoms with Crippen molar-refractivity contribution in [1.82, 2.24) is 14.5 Å². The van der Waals surface area contributed by atoms with Gasteiger partial charge in [0.25, 0.3) is 5.56 Å². The maximum atomic E-state index is 13.0. The van der Waals surface area contributed by atoms with Gasteiger partial charge in [0, 0.05) is 13.1 Å². The van der Waals surface area contributed by atoms with E-state index in [0.717, 1.165) is 12.0 Å². The molecule has 3 aromatic rings. The molecule has 0 spiro atoms. The molecule has 0 saturated carbocycles. The zero-order chi connectivity index (χ0) is 21.5. The molecule has 1 unspecified atom stereocenters. The number of rotatable bonds is 9. The van der Waals surface area contributed by atoms with Crippen molar-refractivity contribution in [3.05, 3.63) is 76.3 Å². The zero-order valence-corrected chi connectivity index (χ0v) is 17.9. The van der Waals surface area contributed by atoms with E-state index in [9.17, 15) is 9.59 Å². The number of para-hydroxylation sites is 1. The summed E-state index contributed by atoms with van der Waals surface area (Å²) in [5.74, 6) is 0.497. The Morgan fingerprint density at radius 3 is 2.50 bits per heavy atom. The normalized spacial score (nSPS) is 12.1. The third-order valence-corrected chi connectivity index (χ3v) is 5.17. The van der Waals surface area contributed by atoms with Crippen molar-refractivity contribution in [2.75, 3.05) is 13.2 Å². The highest BCUT2D eigenvalue weighted by molar-refractivity contribution is 5.79. The van der Waals surface area contributed by atoms with Gasteiger partial charge in [-0.1, -0.05) is 49.4 Å². The van der Waals surface area contributed by atoms with Crippen LogP contribution in [0.2, 0.25) is 0 Å². The summed E-state index contributed by atoms with van der Waals surface area (Å²) < 4.78 is 7.33. The van der Waals surface area contributed by atoms with Gasteiger partial charge < -0.3 is 9.64 Å². The fourth-order valence-corrected chi connectivity index (χ4v) is 3.64. The van der Waals surface area contributed by atoms with Crippen molar-refractivity contribution in [3.8, 4) is 0 Å². The van der Waals surface area contributed by atoms with E-state index in [1.165, 1.54) is 0 Å². The lowest BCUT2D eigenvalue weighted by Crippen LogP contribution is -2.40. The molecule has 1 aromatic heterocycles. The zero-order valence-electron chi connectivity index (χ0n) is 17.9. The van der Waals surface area contributed by atoms with Gasteiger partial charge in [0.05, 0.1) is 23.6 Å². The van der Waals surface area contributed by atoms with Crippen LogP contribution in [0.15, 0.2) is 59.4 Å². The lowest BCUT2D eigenvalue weighted by molar-refractivity contribution is -0.139. The summed E-state index contributed by atoms with van der Waals surface area (Å²) in [4.78, 5) is 32.4. The lowest BCUT2D eigenvalue weighted by atomic mass is 10.2. The minimum atomic E-state index is -0.338. The summed E-state index contributed by atoms with van der Waals surface area (Å²) in [6.45, 7) is 7.31. The van der Waals surface area contributed by atoms with E-state index in [-0.39, 0.29) is 24.1 Å². The van der Waals surface area contributed by atoms with Gasteiger partial charge in [-0.25, -0.2) is 4.98 Å². The number of aromatic nitrogens is 2. The second kappa shape index (κ2) is 10.2. The molecule has 0 fully saturated rings. The standard InChI is InChI=1S/C24H29N3O3/c1-4-15-27(22(28)17-30-16-19-11-7-6-8-12-19)18(3)23-25-21-14-10-9-13-20(21)24(29)26(23)5-2/h6-14,18H,4-5,15-17H2,1-3H3. The van der Waals surface area contributed by atoms with Gasteiger partial charge in [0.1, 0.15) is 12.4 Å². The van der Waals surface area contributed by atoms with Crippen LogP contribution < -0.4 is 5.56 Å². The third-order valence-electron chi connectivity index (χ3n) is 5.17. The van der Waals surface area contributed by atoms with Crippen LogP contribution in [0.25, 0.3) is 10.9 Å². The highest BCUT2D eigenvalue weighted by atomic mass is 16.5. The van der Waals surface area contributed by atoms with E-state index >= 15 is 0 Å². The van der Waals surface area contributed by atoms with Crippen LogP contribution in [0.1, 0.15) is 44.6 Å². The van der Waals surface area contributed by atoms with E-state index in [1.54, 1.807) is 15.5 Å². The van der Waals surface area contributed by atoms with Crippen LogP contribution in [0, 0.1) is 0 Å². The Morgan fingerprint density at radius 1 is 1.10 bits per heavy atom. The summed E-state index contributed by atoms with van der Waals surface area (Å²) in [7, 11) is 0. The van der Waals surface area contributed by atoms with Gasteiger partial charge in [-0.15, -0.1) is 0 Å². The third kappa shape index (κ3) is 4.76. The number of ether oxygens (including phenoxy) is 1. The molecule has 0 bridgehead atoms. The number of nitrogens with zero attached hydrogens (tertiary/aromatic N) is 3. The number of hydrogen-bond acceptors (Lipinski definition) is 4. The fraction of sp³-hybridized carbons (Fsp3) is 0.375. The van der Waals surface area contributed by atoms with Crippen LogP contribution in [0.5, 0.6) is 0 Å². The first-order chi connectivity index (χ1) is 14.6. The topological polar surface area (TPSA) is 64.4 Å². The van der Waals surface area contributed by atoms with Crippen LogP contribution in [-0.2, 0) is 22.7 Å². The van der Waals surface area contributed by atoms with Crippen molar-refractivity contribution in [2.24, 2.45) is 0 Å². The average Bonchev–Trinajstić information content (AvgIpc) is 2.77. The van der Waals surface area contributed by atoms with E-state index in [2.05, 4.69) is 0 Å². The minimum absolute atomic E-state index is 0.0107. The van der Waals surface area contributed by atoms with Crippen molar-refractivity contribution >= 4 is 16.8 Å². The molecular formula is C24H29N3O3. The molecule has 0 radical (unpaired) electrons. The van der Waals surface area contributed by atoms with Crippen molar-refractivity contribution in [3.63, 3.8) is 0 Å². The van der Waals surface area contributed by atoms with Crippen LogP contribution in [-0.4, -0.2) is 33.5 Å². The predicted molar refractivity (Wildman–Crippen MR) is 118 cm³/mol. The van der Waals surface area contributed by atoms with Gasteiger partial charge in [-0.3, -0.25) is 14.2 Å². The first-order valence-electron chi connectivity index (χ1n) is 10.5. The molecule has 158 valence electrons. The molecule has 0 N–H and O–H groups in total. The average molecular weight is 408 g/mol. The molecule has 6 nitrogen and oxygen atoms in total. The minimum Gasteiger partial charge on any atom is -0.367 e. The molecule has 1 heterocycles. The molecule has 0 saturated heterocycles.